The van der Waals surface area contributed by atoms with Gasteiger partial charge < -0.3 is 16.2 Å². The summed E-state index contributed by atoms with van der Waals surface area (Å²) in [4.78, 5) is 25.5. The summed E-state index contributed by atoms with van der Waals surface area (Å²) >= 11 is 0. The highest BCUT2D eigenvalue weighted by Gasteiger charge is 2.05. The van der Waals surface area contributed by atoms with Gasteiger partial charge in [0.1, 0.15) is 5.69 Å². The lowest BCUT2D eigenvalue weighted by molar-refractivity contribution is -0.137. The Kier molecular flexibility index (Phi) is 4.26. The van der Waals surface area contributed by atoms with Crippen LogP contribution in [-0.4, -0.2) is 28.5 Å². The van der Waals surface area contributed by atoms with Crippen molar-refractivity contribution in [2.45, 2.75) is 12.8 Å². The third kappa shape index (κ3) is 3.95. The molecule has 0 fully saturated rings. The number of rotatable bonds is 5. The van der Waals surface area contributed by atoms with E-state index in [4.69, 9.17) is 10.8 Å². The molecule has 1 amide bonds. The van der Waals surface area contributed by atoms with E-state index in [1.54, 1.807) is 6.07 Å². The Labute approximate surface area is 92.5 Å². The van der Waals surface area contributed by atoms with Crippen molar-refractivity contribution < 1.29 is 14.7 Å². The summed E-state index contributed by atoms with van der Waals surface area (Å²) in [5, 5.41) is 11.0. The van der Waals surface area contributed by atoms with Crippen LogP contribution in [0.2, 0.25) is 0 Å². The van der Waals surface area contributed by atoms with Crippen LogP contribution in [0.4, 0.5) is 5.69 Å². The first kappa shape index (κ1) is 12.0. The van der Waals surface area contributed by atoms with Gasteiger partial charge in [-0.1, -0.05) is 0 Å². The van der Waals surface area contributed by atoms with E-state index in [9.17, 15) is 9.59 Å². The number of amides is 1. The number of carbonyl (C=O) groups excluding carboxylic acids is 1. The number of nitrogens with two attached hydrogens (primary N) is 1. The molecule has 1 heterocycles. The van der Waals surface area contributed by atoms with Gasteiger partial charge in [0.2, 0.25) is 0 Å². The maximum atomic E-state index is 11.4. The molecule has 1 aromatic heterocycles. The molecule has 0 atom stereocenters. The van der Waals surface area contributed by atoms with Gasteiger partial charge in [0, 0.05) is 13.0 Å². The van der Waals surface area contributed by atoms with Gasteiger partial charge in [0.25, 0.3) is 5.91 Å². The quantitative estimate of drug-likeness (QED) is 0.621. The Morgan fingerprint density at radius 1 is 1.44 bits per heavy atom. The first-order chi connectivity index (χ1) is 7.59. The zero-order chi connectivity index (χ0) is 12.0. The summed E-state index contributed by atoms with van der Waals surface area (Å²) in [7, 11) is 0. The molecule has 0 aliphatic heterocycles. The molecule has 1 aromatic rings. The maximum Gasteiger partial charge on any atom is 0.303 e. The van der Waals surface area contributed by atoms with Crippen LogP contribution in [0.25, 0.3) is 0 Å². The van der Waals surface area contributed by atoms with E-state index in [0.717, 1.165) is 0 Å². The summed E-state index contributed by atoms with van der Waals surface area (Å²) in [5.41, 5.74) is 6.18. The standard InChI is InChI=1S/C10H13N3O3/c11-7-3-4-8(13-6-7)10(16)12-5-1-2-9(14)15/h3-4,6H,1-2,5,11H2,(H,12,16)(H,14,15). The van der Waals surface area contributed by atoms with Crippen LogP contribution in [0.3, 0.4) is 0 Å². The average Bonchev–Trinajstić information content (AvgIpc) is 2.25. The van der Waals surface area contributed by atoms with E-state index in [2.05, 4.69) is 10.3 Å². The molecule has 6 nitrogen and oxygen atoms in total. The second kappa shape index (κ2) is 5.69. The lowest BCUT2D eigenvalue weighted by Crippen LogP contribution is -2.25. The summed E-state index contributed by atoms with van der Waals surface area (Å²) < 4.78 is 0. The monoisotopic (exact) mass is 223 g/mol. The highest BCUT2D eigenvalue weighted by atomic mass is 16.4. The van der Waals surface area contributed by atoms with E-state index in [0.29, 0.717) is 18.7 Å². The van der Waals surface area contributed by atoms with Crippen LogP contribution in [0.5, 0.6) is 0 Å². The summed E-state index contributed by atoms with van der Waals surface area (Å²) in [6.07, 6.45) is 1.83. The zero-order valence-corrected chi connectivity index (χ0v) is 8.64. The SMILES string of the molecule is Nc1ccc(C(=O)NCCCC(=O)O)nc1. The molecular formula is C10H13N3O3. The summed E-state index contributed by atoms with van der Waals surface area (Å²) in [6.45, 7) is 0.317. The molecule has 0 saturated heterocycles. The number of carboxylic acid groups (broad SMARTS) is 1. The Balaban J connectivity index is 2.35. The minimum atomic E-state index is -0.875. The molecule has 0 saturated carbocycles. The highest BCUT2D eigenvalue weighted by molar-refractivity contribution is 5.92. The molecule has 0 spiro atoms. The van der Waals surface area contributed by atoms with E-state index in [-0.39, 0.29) is 18.0 Å². The van der Waals surface area contributed by atoms with Gasteiger partial charge in [-0.2, -0.15) is 0 Å². The van der Waals surface area contributed by atoms with E-state index >= 15 is 0 Å². The molecule has 0 aromatic carbocycles. The first-order valence-corrected chi connectivity index (χ1v) is 4.81. The van der Waals surface area contributed by atoms with Crippen molar-refractivity contribution in [2.75, 3.05) is 12.3 Å². The van der Waals surface area contributed by atoms with Gasteiger partial charge in [-0.25, -0.2) is 4.98 Å². The molecular weight excluding hydrogens is 210 g/mol. The molecule has 0 aliphatic rings. The van der Waals surface area contributed by atoms with E-state index in [1.807, 2.05) is 0 Å². The number of pyridine rings is 1. The number of aliphatic carboxylic acids is 1. The molecule has 4 N–H and O–H groups in total. The van der Waals surface area contributed by atoms with Crippen LogP contribution in [-0.2, 0) is 4.79 Å². The topological polar surface area (TPSA) is 105 Å². The van der Waals surface area contributed by atoms with Crippen LogP contribution in [0.15, 0.2) is 18.3 Å². The number of anilines is 1. The van der Waals surface area contributed by atoms with Crippen molar-refractivity contribution in [3.05, 3.63) is 24.0 Å². The average molecular weight is 223 g/mol. The number of aromatic nitrogens is 1. The minimum Gasteiger partial charge on any atom is -0.481 e. The van der Waals surface area contributed by atoms with E-state index < -0.39 is 5.97 Å². The molecule has 0 unspecified atom stereocenters. The van der Waals surface area contributed by atoms with Crippen molar-refractivity contribution >= 4 is 17.6 Å². The molecule has 0 aliphatic carbocycles. The third-order valence-electron chi connectivity index (χ3n) is 1.87. The van der Waals surface area contributed by atoms with Gasteiger partial charge in [0.05, 0.1) is 11.9 Å². The zero-order valence-electron chi connectivity index (χ0n) is 8.64. The van der Waals surface area contributed by atoms with Crippen molar-refractivity contribution in [3.8, 4) is 0 Å². The molecule has 16 heavy (non-hydrogen) atoms. The van der Waals surface area contributed by atoms with Gasteiger partial charge in [-0.15, -0.1) is 0 Å². The molecule has 86 valence electrons. The number of nitrogens with zero attached hydrogens (tertiary/aromatic N) is 1. The summed E-state index contributed by atoms with van der Waals surface area (Å²) in [5.74, 6) is -1.20. The Morgan fingerprint density at radius 2 is 2.19 bits per heavy atom. The van der Waals surface area contributed by atoms with Crippen LogP contribution < -0.4 is 11.1 Å². The number of hydrogen-bond donors (Lipinski definition) is 3. The number of hydrogen-bond acceptors (Lipinski definition) is 4. The van der Waals surface area contributed by atoms with Crippen molar-refractivity contribution in [1.82, 2.24) is 10.3 Å². The Bertz CT molecular complexity index is 375. The van der Waals surface area contributed by atoms with Crippen molar-refractivity contribution in [2.24, 2.45) is 0 Å². The Hall–Kier alpha value is -2.11. The van der Waals surface area contributed by atoms with Crippen LogP contribution >= 0.6 is 0 Å². The minimum absolute atomic E-state index is 0.0371. The normalized spacial score (nSPS) is 9.75. The Morgan fingerprint density at radius 3 is 2.75 bits per heavy atom. The lowest BCUT2D eigenvalue weighted by Gasteiger charge is -2.03. The van der Waals surface area contributed by atoms with Gasteiger partial charge >= 0.3 is 5.97 Å². The lowest BCUT2D eigenvalue weighted by atomic mass is 10.3. The maximum absolute atomic E-state index is 11.4. The molecule has 0 radical (unpaired) electrons. The fourth-order valence-electron chi connectivity index (χ4n) is 1.07. The van der Waals surface area contributed by atoms with Gasteiger partial charge in [-0.05, 0) is 18.6 Å². The van der Waals surface area contributed by atoms with Gasteiger partial charge in [0.15, 0.2) is 0 Å². The molecule has 0 bridgehead atoms. The number of nitrogen functional groups attached to an aromatic ring is 1. The highest BCUT2D eigenvalue weighted by Crippen LogP contribution is 2.00. The second-order valence-electron chi connectivity index (χ2n) is 3.23. The van der Waals surface area contributed by atoms with Gasteiger partial charge in [-0.3, -0.25) is 9.59 Å². The fourth-order valence-corrected chi connectivity index (χ4v) is 1.07. The van der Waals surface area contributed by atoms with Crippen molar-refractivity contribution in [3.63, 3.8) is 0 Å². The number of carboxylic acids is 1. The predicted molar refractivity (Wildman–Crippen MR) is 57.9 cm³/mol. The second-order valence-corrected chi connectivity index (χ2v) is 3.23. The fraction of sp³-hybridized carbons (Fsp3) is 0.300. The predicted octanol–water partition coefficient (Wildman–Crippen LogP) is 0.258. The van der Waals surface area contributed by atoms with Crippen molar-refractivity contribution in [1.29, 1.82) is 0 Å². The largest absolute Gasteiger partial charge is 0.481 e. The number of nitrogens with one attached hydrogen (secondary N) is 1. The van der Waals surface area contributed by atoms with Crippen LogP contribution in [0, 0.1) is 0 Å². The molecule has 1 rings (SSSR count). The smallest absolute Gasteiger partial charge is 0.303 e. The van der Waals surface area contributed by atoms with E-state index in [1.165, 1.54) is 12.3 Å². The molecule has 6 heteroatoms. The summed E-state index contributed by atoms with van der Waals surface area (Å²) in [6, 6.07) is 3.10. The van der Waals surface area contributed by atoms with Crippen LogP contribution in [0.1, 0.15) is 23.3 Å². The first-order valence-electron chi connectivity index (χ1n) is 4.81. The number of carbonyl (C=O) groups is 2. The third-order valence-corrected chi connectivity index (χ3v) is 1.87.